The Kier molecular flexibility index (Phi) is 4.52. The average molecular weight is 296 g/mol. The fourth-order valence-electron chi connectivity index (χ4n) is 2.06. The highest BCUT2D eigenvalue weighted by Gasteiger charge is 2.25. The topological polar surface area (TPSA) is 52.6 Å². The summed E-state index contributed by atoms with van der Waals surface area (Å²) in [5, 5.41) is 9.37. The smallest absolute Gasteiger partial charge is 0.0975 e. The number of anilines is 1. The van der Waals surface area contributed by atoms with Crippen molar-refractivity contribution in [2.45, 2.75) is 44.6 Å². The van der Waals surface area contributed by atoms with E-state index in [2.05, 4.69) is 15.7 Å². The van der Waals surface area contributed by atoms with Crippen molar-refractivity contribution in [1.29, 1.82) is 0 Å². The second-order valence-corrected chi connectivity index (χ2v) is 8.37. The van der Waals surface area contributed by atoms with E-state index in [0.29, 0.717) is 13.1 Å². The van der Waals surface area contributed by atoms with E-state index in [1.54, 1.807) is 0 Å². The van der Waals surface area contributed by atoms with Gasteiger partial charge in [0.05, 0.1) is 21.8 Å². The fraction of sp³-hybridized carbons (Fsp3) is 0.600. The molecule has 1 aliphatic heterocycles. The zero-order valence-electron chi connectivity index (χ0n) is 12.6. The van der Waals surface area contributed by atoms with Crippen LogP contribution in [-0.2, 0) is 11.0 Å². The summed E-state index contributed by atoms with van der Waals surface area (Å²) in [6.07, 6.45) is -0.206. The van der Waals surface area contributed by atoms with Gasteiger partial charge in [0.2, 0.25) is 0 Å². The zero-order chi connectivity index (χ0) is 14.9. The maximum atomic E-state index is 12.1. The van der Waals surface area contributed by atoms with Crippen LogP contribution in [0, 0.1) is 0 Å². The molecule has 1 aliphatic rings. The van der Waals surface area contributed by atoms with E-state index < -0.39 is 11.0 Å². The fourth-order valence-corrected chi connectivity index (χ4v) is 2.87. The minimum Gasteiger partial charge on any atom is -0.389 e. The molecule has 1 heterocycles. The van der Waals surface area contributed by atoms with Gasteiger partial charge in [-0.1, -0.05) is 12.1 Å². The van der Waals surface area contributed by atoms with Crippen LogP contribution in [-0.4, -0.2) is 33.3 Å². The lowest BCUT2D eigenvalue weighted by atomic mass is 10.1. The zero-order valence-corrected chi connectivity index (χ0v) is 13.4. The van der Waals surface area contributed by atoms with Crippen LogP contribution in [0.5, 0.6) is 0 Å². The number of aliphatic hydroxyl groups is 1. The van der Waals surface area contributed by atoms with Gasteiger partial charge in [0.1, 0.15) is 0 Å². The monoisotopic (exact) mass is 296 g/mol. The van der Waals surface area contributed by atoms with Crippen LogP contribution in [0.25, 0.3) is 0 Å². The van der Waals surface area contributed by atoms with Gasteiger partial charge in [0, 0.05) is 24.8 Å². The maximum Gasteiger partial charge on any atom is 0.0975 e. The van der Waals surface area contributed by atoms with Gasteiger partial charge in [-0.15, -0.1) is 0 Å². The van der Waals surface area contributed by atoms with Gasteiger partial charge in [-0.3, -0.25) is 0 Å². The Balaban J connectivity index is 2.05. The van der Waals surface area contributed by atoms with Crippen LogP contribution in [0.15, 0.2) is 24.3 Å². The molecule has 20 heavy (non-hydrogen) atoms. The molecule has 0 bridgehead atoms. The summed E-state index contributed by atoms with van der Waals surface area (Å²) in [4.78, 5) is 2.14. The van der Waals surface area contributed by atoms with E-state index >= 15 is 0 Å². The van der Waals surface area contributed by atoms with E-state index in [4.69, 9.17) is 0 Å². The molecule has 1 unspecified atom stereocenters. The molecule has 0 aromatic heterocycles. The van der Waals surface area contributed by atoms with Crippen molar-refractivity contribution >= 4 is 16.7 Å². The van der Waals surface area contributed by atoms with Crippen molar-refractivity contribution in [3.05, 3.63) is 29.8 Å². The number of hydrogen-bond donors (Lipinski definition) is 2. The number of rotatable bonds is 4. The van der Waals surface area contributed by atoms with Crippen molar-refractivity contribution in [3.8, 4) is 0 Å². The van der Waals surface area contributed by atoms with Crippen LogP contribution >= 0.6 is 0 Å². The summed E-state index contributed by atoms with van der Waals surface area (Å²) in [5.41, 5.74) is 2.23. The predicted octanol–water partition coefficient (Wildman–Crippen LogP) is 1.98. The van der Waals surface area contributed by atoms with Crippen LogP contribution in [0.1, 0.15) is 39.3 Å². The highest BCUT2D eigenvalue weighted by molar-refractivity contribution is 7.84. The Morgan fingerprint density at radius 3 is 2.60 bits per heavy atom. The first-order valence-electron chi connectivity index (χ1n) is 6.98. The minimum absolute atomic E-state index is 0.0289. The molecule has 1 aromatic carbocycles. The van der Waals surface area contributed by atoms with E-state index in [9.17, 15) is 9.32 Å². The summed E-state index contributed by atoms with van der Waals surface area (Å²) >= 11 is 0. The van der Waals surface area contributed by atoms with Crippen molar-refractivity contribution in [1.82, 2.24) is 4.72 Å². The lowest BCUT2D eigenvalue weighted by Crippen LogP contribution is -2.50. The molecular formula is C15H24N2O2S. The molecule has 0 aliphatic carbocycles. The molecule has 2 N–H and O–H groups in total. The largest absolute Gasteiger partial charge is 0.389 e. The second kappa shape index (κ2) is 5.84. The lowest BCUT2D eigenvalue weighted by molar-refractivity contribution is 0.142. The minimum atomic E-state index is -1.08. The second-order valence-electron chi connectivity index (χ2n) is 6.37. The van der Waals surface area contributed by atoms with Gasteiger partial charge in [0.15, 0.2) is 0 Å². The molecule has 1 saturated heterocycles. The number of nitrogens with one attached hydrogen (secondary N) is 1. The maximum absolute atomic E-state index is 12.1. The first kappa shape index (κ1) is 15.5. The molecule has 0 spiro atoms. The Hall–Kier alpha value is -0.910. The first-order valence-corrected chi connectivity index (χ1v) is 8.13. The first-order chi connectivity index (χ1) is 9.27. The summed E-state index contributed by atoms with van der Waals surface area (Å²) in [6.45, 7) is 9.29. The molecule has 0 saturated carbocycles. The predicted molar refractivity (Wildman–Crippen MR) is 84.1 cm³/mol. The van der Waals surface area contributed by atoms with Crippen LogP contribution in [0.3, 0.4) is 0 Å². The Morgan fingerprint density at radius 1 is 1.40 bits per heavy atom. The molecule has 4 nitrogen and oxygen atoms in total. The third kappa shape index (κ3) is 3.59. The summed E-state index contributed by atoms with van der Waals surface area (Å²) in [6, 6.07) is 8.22. The number of β-amino-alcohol motifs (C(OH)–C–C–N with tert-alkyl or cyclic N) is 1. The lowest BCUT2D eigenvalue weighted by Gasteiger charge is -2.38. The Morgan fingerprint density at radius 2 is 2.05 bits per heavy atom. The third-order valence-electron chi connectivity index (χ3n) is 3.44. The molecule has 5 heteroatoms. The van der Waals surface area contributed by atoms with Crippen molar-refractivity contribution in [3.63, 3.8) is 0 Å². The quantitative estimate of drug-likeness (QED) is 0.893. The van der Waals surface area contributed by atoms with Crippen LogP contribution in [0.2, 0.25) is 0 Å². The molecule has 1 fully saturated rings. The van der Waals surface area contributed by atoms with E-state index in [-0.39, 0.29) is 16.9 Å². The SMILES string of the molecule is C[C@@H](NS(=O)C(C)(C)C)c1cccc(N2CC(O)C2)c1. The molecule has 112 valence electrons. The van der Waals surface area contributed by atoms with Gasteiger partial charge >= 0.3 is 0 Å². The van der Waals surface area contributed by atoms with Gasteiger partial charge in [-0.25, -0.2) is 8.93 Å². The average Bonchev–Trinajstić information content (AvgIpc) is 2.34. The van der Waals surface area contributed by atoms with Crippen molar-refractivity contribution in [2.75, 3.05) is 18.0 Å². The van der Waals surface area contributed by atoms with Crippen LogP contribution < -0.4 is 9.62 Å². The molecule has 0 amide bonds. The molecule has 2 atom stereocenters. The van der Waals surface area contributed by atoms with Gasteiger partial charge in [-0.05, 0) is 45.4 Å². The highest BCUT2D eigenvalue weighted by atomic mass is 32.2. The highest BCUT2D eigenvalue weighted by Crippen LogP contribution is 2.25. The van der Waals surface area contributed by atoms with Gasteiger partial charge < -0.3 is 10.0 Å². The standard InChI is InChI=1S/C15H24N2O2S/c1-11(16-20(19)15(2,3)4)12-6-5-7-13(8-12)17-9-14(18)10-17/h5-8,11,14,16,18H,9-10H2,1-4H3/t11-,20?/m1/s1. The normalized spacial score (nSPS) is 19.6. The number of benzene rings is 1. The van der Waals surface area contributed by atoms with E-state index in [1.165, 1.54) is 0 Å². The van der Waals surface area contributed by atoms with E-state index in [0.717, 1.165) is 11.3 Å². The van der Waals surface area contributed by atoms with Crippen molar-refractivity contribution < 1.29 is 9.32 Å². The van der Waals surface area contributed by atoms with E-state index in [1.807, 2.05) is 45.9 Å². The summed E-state index contributed by atoms with van der Waals surface area (Å²) in [5.74, 6) is 0. The molecular weight excluding hydrogens is 272 g/mol. The van der Waals surface area contributed by atoms with Crippen molar-refractivity contribution in [2.24, 2.45) is 0 Å². The third-order valence-corrected chi connectivity index (χ3v) is 5.12. The van der Waals surface area contributed by atoms with Crippen LogP contribution in [0.4, 0.5) is 5.69 Å². The Bertz CT molecular complexity index is 493. The summed E-state index contributed by atoms with van der Waals surface area (Å²) in [7, 11) is -1.08. The summed E-state index contributed by atoms with van der Waals surface area (Å²) < 4.78 is 15.0. The molecule has 2 rings (SSSR count). The van der Waals surface area contributed by atoms with Gasteiger partial charge in [0.25, 0.3) is 0 Å². The number of aliphatic hydroxyl groups excluding tert-OH is 1. The number of hydrogen-bond acceptors (Lipinski definition) is 3. The Labute approximate surface area is 123 Å². The van der Waals surface area contributed by atoms with Gasteiger partial charge in [-0.2, -0.15) is 0 Å². The number of nitrogens with zero attached hydrogens (tertiary/aromatic N) is 1. The molecule has 1 aromatic rings. The molecule has 0 radical (unpaired) electrons.